The van der Waals surface area contributed by atoms with Crippen LogP contribution in [0.5, 0.6) is 5.75 Å². The van der Waals surface area contributed by atoms with Gasteiger partial charge in [-0.25, -0.2) is 9.97 Å². The number of aromatic nitrogens is 3. The molecular formula is C22H18BrN5O2. The van der Waals surface area contributed by atoms with Gasteiger partial charge in [-0.15, -0.1) is 0 Å². The van der Waals surface area contributed by atoms with Crippen LogP contribution in [-0.2, 0) is 0 Å². The highest BCUT2D eigenvalue weighted by Crippen LogP contribution is 2.43. The fourth-order valence-corrected chi connectivity index (χ4v) is 4.61. The van der Waals surface area contributed by atoms with Crippen LogP contribution < -0.4 is 10.5 Å². The average molecular weight is 464 g/mol. The normalized spacial score (nSPS) is 17.8. The van der Waals surface area contributed by atoms with E-state index in [1.807, 2.05) is 45.7 Å². The largest absolute Gasteiger partial charge is 0.491 e. The number of carbonyl (C=O) groups is 1. The first-order valence-corrected chi connectivity index (χ1v) is 10.7. The second-order valence-corrected chi connectivity index (χ2v) is 8.72. The Bertz CT molecular complexity index is 1330. The number of anilines is 1. The van der Waals surface area contributed by atoms with Crippen LogP contribution in [0.3, 0.4) is 0 Å². The number of nitrogens with zero attached hydrogens (tertiary/aromatic N) is 4. The maximum atomic E-state index is 13.7. The molecular weight excluding hydrogens is 446 g/mol. The van der Waals surface area contributed by atoms with E-state index in [4.69, 9.17) is 10.5 Å². The van der Waals surface area contributed by atoms with Gasteiger partial charge in [0.15, 0.2) is 0 Å². The van der Waals surface area contributed by atoms with E-state index in [-0.39, 0.29) is 18.0 Å². The zero-order chi connectivity index (χ0) is 20.4. The number of halogens is 1. The molecule has 7 nitrogen and oxygen atoms in total. The lowest BCUT2D eigenvalue weighted by Gasteiger charge is -2.28. The van der Waals surface area contributed by atoms with Crippen LogP contribution in [-0.4, -0.2) is 37.8 Å². The molecule has 0 spiro atoms. The first-order chi connectivity index (χ1) is 14.6. The van der Waals surface area contributed by atoms with Crippen LogP contribution in [0.25, 0.3) is 16.6 Å². The monoisotopic (exact) mass is 463 g/mol. The fraction of sp³-hybridized carbons (Fsp3) is 0.227. The van der Waals surface area contributed by atoms with Crippen molar-refractivity contribution >= 4 is 44.2 Å². The van der Waals surface area contributed by atoms with Gasteiger partial charge in [-0.2, -0.15) is 0 Å². The molecule has 2 aromatic carbocycles. The van der Waals surface area contributed by atoms with E-state index < -0.39 is 0 Å². The number of hydrogen-bond acceptors (Lipinski definition) is 5. The third-order valence-electron chi connectivity index (χ3n) is 5.87. The van der Waals surface area contributed by atoms with Gasteiger partial charge in [0, 0.05) is 21.6 Å². The Balaban J connectivity index is 1.43. The number of amides is 1. The Morgan fingerprint density at radius 2 is 2.07 bits per heavy atom. The van der Waals surface area contributed by atoms with Crippen LogP contribution in [0.4, 0.5) is 5.82 Å². The van der Waals surface area contributed by atoms with Gasteiger partial charge in [0.25, 0.3) is 5.91 Å². The molecule has 150 valence electrons. The van der Waals surface area contributed by atoms with Crippen molar-refractivity contribution < 1.29 is 9.53 Å². The highest BCUT2D eigenvalue weighted by atomic mass is 79.9. The lowest BCUT2D eigenvalue weighted by molar-refractivity contribution is 0.0630. The van der Waals surface area contributed by atoms with Gasteiger partial charge in [0.1, 0.15) is 23.7 Å². The third kappa shape index (κ3) is 2.67. The lowest BCUT2D eigenvalue weighted by Crippen LogP contribution is -2.37. The third-order valence-corrected chi connectivity index (χ3v) is 6.36. The molecule has 4 aromatic rings. The number of nitrogen functional groups attached to an aromatic ring is 1. The molecule has 0 radical (unpaired) electrons. The fourth-order valence-electron chi connectivity index (χ4n) is 4.27. The first-order valence-electron chi connectivity index (χ1n) is 9.86. The van der Waals surface area contributed by atoms with Crippen molar-refractivity contribution in [3.05, 3.63) is 64.5 Å². The molecule has 1 amide bonds. The summed E-state index contributed by atoms with van der Waals surface area (Å²) in [5, 5.41) is 0. The van der Waals surface area contributed by atoms with Crippen molar-refractivity contribution in [1.29, 1.82) is 0 Å². The minimum atomic E-state index is -0.0818. The zero-order valence-corrected chi connectivity index (χ0v) is 17.5. The molecule has 0 bridgehead atoms. The quantitative estimate of drug-likeness (QED) is 0.496. The predicted octanol–water partition coefficient (Wildman–Crippen LogP) is 3.97. The molecule has 1 aliphatic carbocycles. The zero-order valence-electron chi connectivity index (χ0n) is 16.0. The van der Waals surface area contributed by atoms with Crippen LogP contribution >= 0.6 is 15.9 Å². The number of hydrogen-bond donors (Lipinski definition) is 1. The SMILES string of the molecule is Nc1nc2ccc(C(=O)N(C3CC3)[C@@H]3COc4cc(Br)ccc43)cc2n2cncc12. The summed E-state index contributed by atoms with van der Waals surface area (Å²) in [6.45, 7) is 0.478. The summed E-state index contributed by atoms with van der Waals surface area (Å²) in [5.74, 6) is 1.27. The number of fused-ring (bicyclic) bond motifs is 4. The van der Waals surface area contributed by atoms with Gasteiger partial charge in [0.2, 0.25) is 0 Å². The number of nitrogens with two attached hydrogens (primary N) is 1. The predicted molar refractivity (Wildman–Crippen MR) is 116 cm³/mol. The minimum Gasteiger partial charge on any atom is -0.491 e. The molecule has 1 saturated carbocycles. The molecule has 30 heavy (non-hydrogen) atoms. The number of imidazole rings is 1. The van der Waals surface area contributed by atoms with Crippen molar-refractivity contribution in [2.45, 2.75) is 24.9 Å². The summed E-state index contributed by atoms with van der Waals surface area (Å²) in [5.41, 5.74) is 9.99. The Kier molecular flexibility index (Phi) is 3.80. The molecule has 1 aliphatic heterocycles. The van der Waals surface area contributed by atoms with E-state index in [0.717, 1.165) is 45.2 Å². The van der Waals surface area contributed by atoms with Crippen LogP contribution in [0.1, 0.15) is 34.8 Å². The van der Waals surface area contributed by atoms with E-state index >= 15 is 0 Å². The molecule has 1 atom stereocenters. The van der Waals surface area contributed by atoms with Crippen molar-refractivity contribution in [2.24, 2.45) is 0 Å². The maximum Gasteiger partial charge on any atom is 0.254 e. The van der Waals surface area contributed by atoms with E-state index in [0.29, 0.717) is 18.0 Å². The second-order valence-electron chi connectivity index (χ2n) is 7.80. The average Bonchev–Trinajstić information content (AvgIpc) is 3.29. The molecule has 2 aromatic heterocycles. The van der Waals surface area contributed by atoms with Gasteiger partial charge in [0.05, 0.1) is 29.6 Å². The van der Waals surface area contributed by atoms with Crippen molar-refractivity contribution in [3.8, 4) is 5.75 Å². The van der Waals surface area contributed by atoms with Gasteiger partial charge in [-0.3, -0.25) is 9.20 Å². The molecule has 8 heteroatoms. The molecule has 2 aliphatic rings. The standard InChI is InChI=1S/C22H18BrN5O2/c23-13-2-5-15-19(10-30-20(15)8-13)28(14-3-4-14)22(29)12-1-6-16-17(7-12)27-11-25-9-18(27)21(24)26-16/h1-2,5-9,11,14,19H,3-4,10H2,(H2,24,26)/t19-/m1/s1. The van der Waals surface area contributed by atoms with E-state index in [2.05, 4.69) is 25.9 Å². The summed E-state index contributed by atoms with van der Waals surface area (Å²) in [6.07, 6.45) is 5.41. The number of ether oxygens (including phenoxy) is 1. The first kappa shape index (κ1) is 17.7. The Morgan fingerprint density at radius 1 is 1.20 bits per heavy atom. The van der Waals surface area contributed by atoms with Crippen molar-refractivity contribution in [1.82, 2.24) is 19.3 Å². The minimum absolute atomic E-state index is 0.00820. The summed E-state index contributed by atoms with van der Waals surface area (Å²) in [7, 11) is 0. The summed E-state index contributed by atoms with van der Waals surface area (Å²) in [6, 6.07) is 11.7. The van der Waals surface area contributed by atoms with E-state index in [1.54, 1.807) is 12.5 Å². The Hall–Kier alpha value is -3.13. The molecule has 0 saturated heterocycles. The summed E-state index contributed by atoms with van der Waals surface area (Å²) < 4.78 is 8.75. The van der Waals surface area contributed by atoms with Crippen LogP contribution in [0.2, 0.25) is 0 Å². The second kappa shape index (κ2) is 6.43. The van der Waals surface area contributed by atoms with Gasteiger partial charge >= 0.3 is 0 Å². The number of benzene rings is 2. The topological polar surface area (TPSA) is 85.8 Å². The highest BCUT2D eigenvalue weighted by molar-refractivity contribution is 9.10. The van der Waals surface area contributed by atoms with E-state index in [9.17, 15) is 4.79 Å². The highest BCUT2D eigenvalue weighted by Gasteiger charge is 2.41. The summed E-state index contributed by atoms with van der Waals surface area (Å²) in [4.78, 5) is 24.3. The molecule has 3 heterocycles. The number of carbonyl (C=O) groups excluding carboxylic acids is 1. The molecule has 2 N–H and O–H groups in total. The van der Waals surface area contributed by atoms with Crippen LogP contribution in [0.15, 0.2) is 53.4 Å². The Morgan fingerprint density at radius 3 is 2.90 bits per heavy atom. The Labute approximate surface area is 180 Å². The maximum absolute atomic E-state index is 13.7. The number of rotatable bonds is 3. The van der Waals surface area contributed by atoms with Crippen molar-refractivity contribution in [2.75, 3.05) is 12.3 Å². The van der Waals surface area contributed by atoms with Gasteiger partial charge < -0.3 is 15.4 Å². The van der Waals surface area contributed by atoms with E-state index in [1.165, 1.54) is 0 Å². The van der Waals surface area contributed by atoms with Gasteiger partial charge in [-0.05, 0) is 43.2 Å². The molecule has 1 fully saturated rings. The molecule has 6 rings (SSSR count). The van der Waals surface area contributed by atoms with Crippen molar-refractivity contribution in [3.63, 3.8) is 0 Å². The molecule has 0 unspecified atom stereocenters. The lowest BCUT2D eigenvalue weighted by atomic mass is 10.0. The summed E-state index contributed by atoms with van der Waals surface area (Å²) >= 11 is 3.49. The van der Waals surface area contributed by atoms with Gasteiger partial charge in [-0.1, -0.05) is 22.0 Å². The van der Waals surface area contributed by atoms with Crippen LogP contribution in [0, 0.1) is 0 Å². The smallest absolute Gasteiger partial charge is 0.254 e.